The molecule has 0 aliphatic rings. The monoisotopic (exact) mass is 142 g/mol. The minimum Gasteiger partial charge on any atom is -0.354 e. The molecule has 0 atom stereocenters. The second-order valence-electron chi connectivity index (χ2n) is 2.61. The van der Waals surface area contributed by atoms with Gasteiger partial charge in [-0.15, -0.1) is 0 Å². The van der Waals surface area contributed by atoms with Gasteiger partial charge in [0.2, 0.25) is 0 Å². The van der Waals surface area contributed by atoms with Gasteiger partial charge in [-0.25, -0.2) is 0 Å². The topological polar surface area (TPSA) is 27.6 Å². The van der Waals surface area contributed by atoms with Crippen molar-refractivity contribution >= 4 is 0 Å². The molecule has 0 saturated heterocycles. The van der Waals surface area contributed by atoms with Gasteiger partial charge in [0.15, 0.2) is 0 Å². The van der Waals surface area contributed by atoms with Crippen molar-refractivity contribution in [2.45, 2.75) is 39.0 Å². The molecule has 0 bridgehead atoms. The van der Waals surface area contributed by atoms with Gasteiger partial charge in [-0.3, -0.25) is 0 Å². The van der Waals surface area contributed by atoms with Gasteiger partial charge in [0.05, 0.1) is 6.54 Å². The van der Waals surface area contributed by atoms with Crippen LogP contribution in [0.25, 0.3) is 0 Å². The maximum Gasteiger partial charge on any atom is 0.0926 e. The highest BCUT2D eigenvalue weighted by Gasteiger charge is 1.83. The van der Waals surface area contributed by atoms with E-state index < -0.39 is 0 Å². The van der Waals surface area contributed by atoms with Crippen molar-refractivity contribution in [3.63, 3.8) is 0 Å². The Balaban J connectivity index is 2.83. The van der Waals surface area contributed by atoms with E-state index in [1.165, 1.54) is 32.1 Å². The third kappa shape index (κ3) is 7.70. The van der Waals surface area contributed by atoms with Gasteiger partial charge >= 0.3 is 0 Å². The predicted molar refractivity (Wildman–Crippen MR) is 45.7 cm³/mol. The Morgan fingerprint density at radius 1 is 1.10 bits per heavy atom. The van der Waals surface area contributed by atoms with E-state index in [-0.39, 0.29) is 0 Å². The third-order valence-corrected chi connectivity index (χ3v) is 1.56. The molecular weight excluding hydrogens is 122 g/mol. The maximum atomic E-state index is 3.73. The number of hydrogen-bond acceptors (Lipinski definition) is 0. The number of hydrogen-bond donors (Lipinski definition) is 1. The summed E-state index contributed by atoms with van der Waals surface area (Å²) in [4.78, 5) is 0. The molecule has 0 rings (SSSR count). The largest absolute Gasteiger partial charge is 0.354 e. The van der Waals surface area contributed by atoms with Gasteiger partial charge in [-0.2, -0.15) is 0 Å². The molecule has 0 aromatic rings. The highest BCUT2D eigenvalue weighted by molar-refractivity contribution is 4.79. The van der Waals surface area contributed by atoms with Gasteiger partial charge in [0, 0.05) is 0 Å². The van der Waals surface area contributed by atoms with Crippen molar-refractivity contribution < 1.29 is 5.73 Å². The summed E-state index contributed by atoms with van der Waals surface area (Å²) in [7, 11) is 0. The summed E-state index contributed by atoms with van der Waals surface area (Å²) in [5.41, 5.74) is 3.73. The quantitative estimate of drug-likeness (QED) is 0.432. The average Bonchev–Trinajstić information content (AvgIpc) is 1.97. The normalized spacial score (nSPS) is 11.0. The van der Waals surface area contributed by atoms with Crippen LogP contribution in [0.5, 0.6) is 0 Å². The van der Waals surface area contributed by atoms with Crippen molar-refractivity contribution in [2.75, 3.05) is 6.54 Å². The highest BCUT2D eigenvalue weighted by atomic mass is 14.5. The highest BCUT2D eigenvalue weighted by Crippen LogP contribution is 2.02. The molecule has 0 fully saturated rings. The van der Waals surface area contributed by atoms with Crippen LogP contribution in [-0.4, -0.2) is 6.54 Å². The van der Waals surface area contributed by atoms with E-state index in [4.69, 9.17) is 0 Å². The van der Waals surface area contributed by atoms with Crippen LogP contribution in [0, 0.1) is 0 Å². The summed E-state index contributed by atoms with van der Waals surface area (Å²) in [5, 5.41) is 0. The van der Waals surface area contributed by atoms with Crippen molar-refractivity contribution in [3.05, 3.63) is 12.2 Å². The van der Waals surface area contributed by atoms with Crippen molar-refractivity contribution in [1.29, 1.82) is 0 Å². The number of rotatable bonds is 6. The molecule has 0 aromatic heterocycles. The zero-order valence-electron chi connectivity index (χ0n) is 7.10. The van der Waals surface area contributed by atoms with Crippen molar-refractivity contribution in [3.8, 4) is 0 Å². The number of quaternary nitrogens is 1. The summed E-state index contributed by atoms with van der Waals surface area (Å²) in [5.74, 6) is 0. The molecule has 0 aliphatic heterocycles. The Morgan fingerprint density at radius 3 is 2.50 bits per heavy atom. The Bertz CT molecular complexity index is 76.8. The van der Waals surface area contributed by atoms with E-state index in [0.717, 1.165) is 6.54 Å². The van der Waals surface area contributed by atoms with Crippen LogP contribution in [0.2, 0.25) is 0 Å². The average molecular weight is 142 g/mol. The molecule has 0 heterocycles. The zero-order chi connectivity index (χ0) is 7.66. The third-order valence-electron chi connectivity index (χ3n) is 1.56. The van der Waals surface area contributed by atoms with Gasteiger partial charge < -0.3 is 5.73 Å². The van der Waals surface area contributed by atoms with E-state index in [0.29, 0.717) is 0 Å². The lowest BCUT2D eigenvalue weighted by molar-refractivity contribution is -0.352. The van der Waals surface area contributed by atoms with Gasteiger partial charge in [-0.1, -0.05) is 32.3 Å². The van der Waals surface area contributed by atoms with Crippen LogP contribution in [-0.2, 0) is 0 Å². The summed E-state index contributed by atoms with van der Waals surface area (Å²) < 4.78 is 0. The van der Waals surface area contributed by atoms with E-state index in [1.807, 2.05) is 0 Å². The fourth-order valence-corrected chi connectivity index (χ4v) is 0.925. The second kappa shape index (κ2) is 8.70. The molecule has 0 aliphatic carbocycles. The first-order chi connectivity index (χ1) is 4.91. The van der Waals surface area contributed by atoms with E-state index in [2.05, 4.69) is 24.8 Å². The Labute approximate surface area is 64.3 Å². The maximum absolute atomic E-state index is 3.73. The van der Waals surface area contributed by atoms with Crippen LogP contribution in [0.3, 0.4) is 0 Å². The van der Waals surface area contributed by atoms with Crippen LogP contribution in [0.4, 0.5) is 0 Å². The molecule has 0 amide bonds. The van der Waals surface area contributed by atoms with Gasteiger partial charge in [-0.05, 0) is 18.9 Å². The minimum atomic E-state index is 0.938. The van der Waals surface area contributed by atoms with Crippen LogP contribution < -0.4 is 5.73 Å². The molecule has 1 heteroatoms. The lowest BCUT2D eigenvalue weighted by atomic mass is 10.1. The van der Waals surface area contributed by atoms with Crippen LogP contribution in [0.1, 0.15) is 39.0 Å². The van der Waals surface area contributed by atoms with E-state index in [1.54, 1.807) is 0 Å². The fourth-order valence-electron chi connectivity index (χ4n) is 0.925. The molecule has 0 unspecified atom stereocenters. The fraction of sp³-hybridized carbons (Fsp3) is 0.778. The van der Waals surface area contributed by atoms with Crippen LogP contribution in [0.15, 0.2) is 12.2 Å². The first-order valence-electron chi connectivity index (χ1n) is 4.36. The van der Waals surface area contributed by atoms with E-state index in [9.17, 15) is 0 Å². The lowest BCUT2D eigenvalue weighted by Gasteiger charge is -1.92. The lowest BCUT2D eigenvalue weighted by Crippen LogP contribution is -2.49. The smallest absolute Gasteiger partial charge is 0.0926 e. The molecule has 0 saturated carbocycles. The van der Waals surface area contributed by atoms with Crippen molar-refractivity contribution in [1.82, 2.24) is 0 Å². The summed E-state index contributed by atoms with van der Waals surface area (Å²) in [6.45, 7) is 3.18. The van der Waals surface area contributed by atoms with E-state index >= 15 is 0 Å². The summed E-state index contributed by atoms with van der Waals surface area (Å²) in [6.07, 6.45) is 11.1. The summed E-state index contributed by atoms with van der Waals surface area (Å²) in [6, 6.07) is 0. The Hall–Kier alpha value is -0.300. The molecule has 0 spiro atoms. The molecule has 10 heavy (non-hydrogen) atoms. The number of unbranched alkanes of at least 4 members (excludes halogenated alkanes) is 4. The van der Waals surface area contributed by atoms with Crippen molar-refractivity contribution in [2.24, 2.45) is 0 Å². The standard InChI is InChI=1S/C9H19N/c1-2-3-4-5-6-7-8-9-10/h7-8H,2-6,9-10H2,1H3/p+1/b8-7-. The molecule has 3 N–H and O–H groups in total. The second-order valence-corrected chi connectivity index (χ2v) is 2.61. The molecule has 0 radical (unpaired) electrons. The molecule has 1 nitrogen and oxygen atoms in total. The Morgan fingerprint density at radius 2 is 1.90 bits per heavy atom. The zero-order valence-corrected chi connectivity index (χ0v) is 7.10. The first-order valence-corrected chi connectivity index (χ1v) is 4.36. The SMILES string of the molecule is CCCCCC/C=C\C[NH3+]. The minimum absolute atomic E-state index is 0.938. The molecule has 60 valence electrons. The van der Waals surface area contributed by atoms with Gasteiger partial charge in [0.1, 0.15) is 0 Å². The molecule has 0 aromatic carbocycles. The van der Waals surface area contributed by atoms with Gasteiger partial charge in [0.25, 0.3) is 0 Å². The first kappa shape index (κ1) is 9.70. The molecular formula is C9H20N+. The van der Waals surface area contributed by atoms with Crippen LogP contribution >= 0.6 is 0 Å². The Kier molecular flexibility index (Phi) is 8.44. The number of allylic oxidation sites excluding steroid dienone is 1. The summed E-state index contributed by atoms with van der Waals surface area (Å²) >= 11 is 0. The predicted octanol–water partition coefficient (Wildman–Crippen LogP) is 1.75.